The van der Waals surface area contributed by atoms with Crippen LogP contribution < -0.4 is 5.32 Å². The van der Waals surface area contributed by atoms with Crippen molar-refractivity contribution in [3.8, 4) is 0 Å². The van der Waals surface area contributed by atoms with Crippen LogP contribution >= 0.6 is 11.8 Å². The van der Waals surface area contributed by atoms with Gasteiger partial charge in [0.2, 0.25) is 5.91 Å². The van der Waals surface area contributed by atoms with Crippen molar-refractivity contribution in [2.45, 2.75) is 56.2 Å². The number of carbonyl (C=O) groups is 2. The molecular formula is C14H23NO3S. The maximum atomic E-state index is 12.2. The Morgan fingerprint density at radius 3 is 2.26 bits per heavy atom. The lowest BCUT2D eigenvalue weighted by Crippen LogP contribution is -2.43. The van der Waals surface area contributed by atoms with E-state index in [2.05, 4.69) is 11.6 Å². The number of rotatable bonds is 4. The van der Waals surface area contributed by atoms with Crippen molar-refractivity contribution in [1.29, 1.82) is 0 Å². The zero-order chi connectivity index (χ0) is 13.8. The molecule has 19 heavy (non-hydrogen) atoms. The summed E-state index contributed by atoms with van der Waals surface area (Å²) < 4.78 is 0. The van der Waals surface area contributed by atoms with Crippen LogP contribution in [0.2, 0.25) is 0 Å². The highest BCUT2D eigenvalue weighted by molar-refractivity contribution is 7.99. The van der Waals surface area contributed by atoms with Gasteiger partial charge in [0, 0.05) is 11.3 Å². The first-order valence-electron chi connectivity index (χ1n) is 7.17. The Labute approximate surface area is 118 Å². The van der Waals surface area contributed by atoms with Gasteiger partial charge >= 0.3 is 5.97 Å². The van der Waals surface area contributed by atoms with Crippen LogP contribution in [0.5, 0.6) is 0 Å². The molecule has 0 aromatic carbocycles. The molecule has 108 valence electrons. The summed E-state index contributed by atoms with van der Waals surface area (Å²) in [6.07, 6.45) is 8.73. The van der Waals surface area contributed by atoms with Crippen LogP contribution in [0.3, 0.4) is 0 Å². The van der Waals surface area contributed by atoms with Gasteiger partial charge in [-0.2, -0.15) is 11.8 Å². The molecule has 2 fully saturated rings. The van der Waals surface area contributed by atoms with Crippen molar-refractivity contribution in [1.82, 2.24) is 5.32 Å². The monoisotopic (exact) mass is 285 g/mol. The second-order valence-electron chi connectivity index (χ2n) is 5.70. The van der Waals surface area contributed by atoms with Crippen LogP contribution in [0.15, 0.2) is 0 Å². The number of aliphatic carboxylic acids is 1. The highest BCUT2D eigenvalue weighted by Gasteiger charge is 2.38. The second-order valence-corrected chi connectivity index (χ2v) is 6.84. The minimum absolute atomic E-state index is 0.0301. The Balaban J connectivity index is 1.82. The van der Waals surface area contributed by atoms with E-state index in [-0.39, 0.29) is 17.9 Å². The summed E-state index contributed by atoms with van der Waals surface area (Å²) in [4.78, 5) is 23.3. The van der Waals surface area contributed by atoms with Crippen molar-refractivity contribution < 1.29 is 14.7 Å². The highest BCUT2D eigenvalue weighted by atomic mass is 32.2. The molecule has 0 heterocycles. The molecule has 2 N–H and O–H groups in total. The SMILES string of the molecule is CSC1CCC(NC(=O)[C@@H]2CCC[C@@H]2C(=O)O)CC1. The summed E-state index contributed by atoms with van der Waals surface area (Å²) in [7, 11) is 0. The average molecular weight is 285 g/mol. The molecule has 0 aromatic heterocycles. The van der Waals surface area contributed by atoms with Gasteiger partial charge in [0.15, 0.2) is 0 Å². The van der Waals surface area contributed by atoms with Gasteiger partial charge in [0.25, 0.3) is 0 Å². The molecule has 1 amide bonds. The molecule has 2 atom stereocenters. The number of nitrogens with one attached hydrogen (secondary N) is 1. The van der Waals surface area contributed by atoms with Crippen LogP contribution in [0.4, 0.5) is 0 Å². The number of carbonyl (C=O) groups excluding carboxylic acids is 1. The largest absolute Gasteiger partial charge is 0.481 e. The minimum atomic E-state index is -0.816. The summed E-state index contributed by atoms with van der Waals surface area (Å²) in [5.41, 5.74) is 0. The van der Waals surface area contributed by atoms with Gasteiger partial charge in [-0.3, -0.25) is 9.59 Å². The van der Waals surface area contributed by atoms with E-state index in [0.717, 1.165) is 43.8 Å². The molecule has 4 nitrogen and oxygen atoms in total. The predicted molar refractivity (Wildman–Crippen MR) is 76.2 cm³/mol. The standard InChI is InChI=1S/C14H23NO3S/c1-19-10-7-5-9(6-8-10)15-13(16)11-3-2-4-12(11)14(17)18/h9-12H,2-8H2,1H3,(H,15,16)(H,17,18)/t9?,10?,11-,12+/m1/s1. The number of carboxylic acids is 1. The molecule has 0 aromatic rings. The fourth-order valence-electron chi connectivity index (χ4n) is 3.32. The van der Waals surface area contributed by atoms with Gasteiger partial charge < -0.3 is 10.4 Å². The second kappa shape index (κ2) is 6.64. The highest BCUT2D eigenvalue weighted by Crippen LogP contribution is 2.33. The number of carboxylic acid groups (broad SMARTS) is 1. The average Bonchev–Trinajstić information content (AvgIpc) is 2.89. The van der Waals surface area contributed by atoms with Gasteiger partial charge in [0.05, 0.1) is 11.8 Å². The number of amides is 1. The van der Waals surface area contributed by atoms with Crippen LogP contribution in [-0.4, -0.2) is 34.5 Å². The quantitative estimate of drug-likeness (QED) is 0.831. The molecular weight excluding hydrogens is 262 g/mol. The molecule has 5 heteroatoms. The van der Waals surface area contributed by atoms with Gasteiger partial charge in [-0.1, -0.05) is 6.42 Å². The summed E-state index contributed by atoms with van der Waals surface area (Å²) in [5, 5.41) is 12.9. The molecule has 0 saturated heterocycles. The summed E-state index contributed by atoms with van der Waals surface area (Å²) >= 11 is 1.91. The van der Waals surface area contributed by atoms with Gasteiger partial charge in [-0.15, -0.1) is 0 Å². The third-order valence-corrected chi connectivity index (χ3v) is 5.66. The Morgan fingerprint density at radius 1 is 1.05 bits per heavy atom. The summed E-state index contributed by atoms with van der Waals surface area (Å²) in [6, 6.07) is 0.256. The zero-order valence-corrected chi connectivity index (χ0v) is 12.2. The number of thioether (sulfide) groups is 1. The molecule has 0 unspecified atom stereocenters. The minimum Gasteiger partial charge on any atom is -0.481 e. The zero-order valence-electron chi connectivity index (χ0n) is 11.4. The van der Waals surface area contributed by atoms with Crippen molar-refractivity contribution in [3.63, 3.8) is 0 Å². The van der Waals surface area contributed by atoms with Crippen molar-refractivity contribution in [2.24, 2.45) is 11.8 Å². The van der Waals surface area contributed by atoms with E-state index >= 15 is 0 Å². The Kier molecular flexibility index (Phi) is 5.13. The van der Waals surface area contributed by atoms with E-state index in [1.165, 1.54) is 0 Å². The molecule has 2 saturated carbocycles. The lowest BCUT2D eigenvalue weighted by Gasteiger charge is -2.29. The van der Waals surface area contributed by atoms with Crippen molar-refractivity contribution >= 4 is 23.6 Å². The molecule has 0 aliphatic heterocycles. The van der Waals surface area contributed by atoms with E-state index in [9.17, 15) is 9.59 Å². The van der Waals surface area contributed by atoms with E-state index in [4.69, 9.17) is 5.11 Å². The normalized spacial score (nSPS) is 35.0. The number of hydrogen-bond donors (Lipinski definition) is 2. The number of hydrogen-bond acceptors (Lipinski definition) is 3. The third kappa shape index (κ3) is 3.65. The molecule has 0 spiro atoms. The Bertz CT molecular complexity index is 340. The van der Waals surface area contributed by atoms with Crippen LogP contribution in [0.1, 0.15) is 44.9 Å². The molecule has 2 rings (SSSR count). The Morgan fingerprint density at radius 2 is 1.68 bits per heavy atom. The molecule has 0 radical (unpaired) electrons. The Hall–Kier alpha value is -0.710. The van der Waals surface area contributed by atoms with Crippen LogP contribution in [0, 0.1) is 11.8 Å². The first-order chi connectivity index (χ1) is 9.11. The lowest BCUT2D eigenvalue weighted by molar-refractivity contribution is -0.146. The smallest absolute Gasteiger partial charge is 0.307 e. The third-order valence-electron chi connectivity index (χ3n) is 4.52. The fourth-order valence-corrected chi connectivity index (χ4v) is 4.06. The molecule has 2 aliphatic rings. The van der Waals surface area contributed by atoms with E-state index in [1.807, 2.05) is 11.8 Å². The van der Waals surface area contributed by atoms with E-state index in [0.29, 0.717) is 6.42 Å². The molecule has 0 bridgehead atoms. The summed E-state index contributed by atoms with van der Waals surface area (Å²) in [6.45, 7) is 0. The van der Waals surface area contributed by atoms with Gasteiger partial charge in [0.1, 0.15) is 0 Å². The maximum Gasteiger partial charge on any atom is 0.307 e. The fraction of sp³-hybridized carbons (Fsp3) is 0.857. The van der Waals surface area contributed by atoms with Gasteiger partial charge in [-0.25, -0.2) is 0 Å². The van der Waals surface area contributed by atoms with Gasteiger partial charge in [-0.05, 0) is 44.8 Å². The van der Waals surface area contributed by atoms with Crippen LogP contribution in [-0.2, 0) is 9.59 Å². The van der Waals surface area contributed by atoms with Crippen molar-refractivity contribution in [3.05, 3.63) is 0 Å². The maximum absolute atomic E-state index is 12.2. The first-order valence-corrected chi connectivity index (χ1v) is 8.46. The molecule has 2 aliphatic carbocycles. The first kappa shape index (κ1) is 14.7. The predicted octanol–water partition coefficient (Wildman–Crippen LogP) is 2.28. The van der Waals surface area contributed by atoms with Crippen LogP contribution in [0.25, 0.3) is 0 Å². The topological polar surface area (TPSA) is 66.4 Å². The van der Waals surface area contributed by atoms with E-state index < -0.39 is 11.9 Å². The van der Waals surface area contributed by atoms with Crippen molar-refractivity contribution in [2.75, 3.05) is 6.26 Å². The lowest BCUT2D eigenvalue weighted by atomic mass is 9.92. The summed E-state index contributed by atoms with van der Waals surface area (Å²) in [5.74, 6) is -1.63. The van der Waals surface area contributed by atoms with E-state index in [1.54, 1.807) is 0 Å².